The third kappa shape index (κ3) is 4.59. The van der Waals surface area contributed by atoms with Crippen LogP contribution in [-0.4, -0.2) is 25.9 Å². The fraction of sp³-hybridized carbons (Fsp3) is 0.571. The molecule has 0 saturated carbocycles. The zero-order valence-corrected chi connectivity index (χ0v) is 12.9. The molecule has 2 unspecified atom stereocenters. The van der Waals surface area contributed by atoms with Crippen molar-refractivity contribution in [2.75, 3.05) is 13.7 Å². The summed E-state index contributed by atoms with van der Waals surface area (Å²) in [6.07, 6.45) is 1.86. The van der Waals surface area contributed by atoms with Crippen LogP contribution in [0.3, 0.4) is 0 Å². The zero-order valence-electron chi connectivity index (χ0n) is 11.3. The minimum atomic E-state index is 0.0739. The first-order valence-electron chi connectivity index (χ1n) is 6.27. The van der Waals surface area contributed by atoms with Gasteiger partial charge in [-0.25, -0.2) is 0 Å². The molecule has 0 aliphatic heterocycles. The summed E-state index contributed by atoms with van der Waals surface area (Å²) in [7, 11) is 1.68. The summed E-state index contributed by atoms with van der Waals surface area (Å²) >= 11 is 3.52. The Labute approximate surface area is 118 Å². The van der Waals surface area contributed by atoms with E-state index in [1.54, 1.807) is 7.11 Å². The number of halogens is 1. The molecule has 4 heteroatoms. The van der Waals surface area contributed by atoms with Crippen LogP contribution in [0.4, 0.5) is 0 Å². The second kappa shape index (κ2) is 7.77. The van der Waals surface area contributed by atoms with Gasteiger partial charge >= 0.3 is 0 Å². The maximum absolute atomic E-state index is 6.01. The lowest BCUT2D eigenvalue weighted by atomic mass is 10.0. The normalized spacial score (nSPS) is 14.3. The van der Waals surface area contributed by atoms with Crippen molar-refractivity contribution in [2.24, 2.45) is 5.73 Å². The van der Waals surface area contributed by atoms with Crippen LogP contribution < -0.4 is 10.5 Å². The van der Waals surface area contributed by atoms with Crippen molar-refractivity contribution in [3.05, 3.63) is 28.2 Å². The monoisotopic (exact) mass is 315 g/mol. The van der Waals surface area contributed by atoms with Crippen LogP contribution in [0.2, 0.25) is 0 Å². The summed E-state index contributed by atoms with van der Waals surface area (Å²) in [6, 6.07) is 6.22. The lowest BCUT2D eigenvalue weighted by Gasteiger charge is -2.17. The number of nitrogens with two attached hydrogens (primary N) is 1. The molecule has 2 atom stereocenters. The third-order valence-electron chi connectivity index (χ3n) is 2.92. The molecule has 0 aliphatic carbocycles. The predicted octanol–water partition coefficient (Wildman–Crippen LogP) is 3.14. The summed E-state index contributed by atoms with van der Waals surface area (Å²) in [5.41, 5.74) is 7.15. The molecule has 1 aromatic carbocycles. The van der Waals surface area contributed by atoms with Gasteiger partial charge in [-0.15, -0.1) is 0 Å². The van der Waals surface area contributed by atoms with Gasteiger partial charge in [0.1, 0.15) is 12.4 Å². The molecule has 0 aromatic heterocycles. The van der Waals surface area contributed by atoms with Crippen molar-refractivity contribution in [1.29, 1.82) is 0 Å². The van der Waals surface area contributed by atoms with E-state index in [2.05, 4.69) is 28.9 Å². The van der Waals surface area contributed by atoms with E-state index < -0.39 is 0 Å². The van der Waals surface area contributed by atoms with E-state index in [1.807, 2.05) is 19.1 Å². The molecule has 0 amide bonds. The molecule has 0 radical (unpaired) electrons. The van der Waals surface area contributed by atoms with E-state index >= 15 is 0 Å². The van der Waals surface area contributed by atoms with Gasteiger partial charge in [-0.3, -0.25) is 0 Å². The highest BCUT2D eigenvalue weighted by atomic mass is 79.9. The standard InChI is InChI=1S/C14H22BrNO2/c1-4-12(16)8-11-6-5-7-13(15)14(11)18-9-10(2)17-3/h5-7,10,12H,4,8-9,16H2,1-3H3. The van der Waals surface area contributed by atoms with Gasteiger partial charge in [0.25, 0.3) is 0 Å². The Morgan fingerprint density at radius 1 is 1.39 bits per heavy atom. The fourth-order valence-electron chi connectivity index (χ4n) is 1.57. The van der Waals surface area contributed by atoms with Crippen LogP contribution >= 0.6 is 15.9 Å². The fourth-order valence-corrected chi connectivity index (χ4v) is 2.09. The van der Waals surface area contributed by atoms with E-state index in [-0.39, 0.29) is 12.1 Å². The number of ether oxygens (including phenoxy) is 2. The van der Waals surface area contributed by atoms with Crippen molar-refractivity contribution in [3.8, 4) is 5.75 Å². The maximum Gasteiger partial charge on any atom is 0.136 e. The SMILES string of the molecule is CCC(N)Cc1cccc(Br)c1OCC(C)OC. The quantitative estimate of drug-likeness (QED) is 0.840. The minimum absolute atomic E-state index is 0.0739. The number of methoxy groups -OCH3 is 1. The van der Waals surface area contributed by atoms with E-state index in [0.29, 0.717) is 6.61 Å². The van der Waals surface area contributed by atoms with Crippen molar-refractivity contribution in [3.63, 3.8) is 0 Å². The van der Waals surface area contributed by atoms with Crippen LogP contribution in [0, 0.1) is 0 Å². The van der Waals surface area contributed by atoms with Crippen molar-refractivity contribution in [2.45, 2.75) is 38.8 Å². The highest BCUT2D eigenvalue weighted by molar-refractivity contribution is 9.10. The predicted molar refractivity (Wildman–Crippen MR) is 78.1 cm³/mol. The Bertz CT molecular complexity index is 371. The molecule has 0 saturated heterocycles. The van der Waals surface area contributed by atoms with Gasteiger partial charge in [0.05, 0.1) is 10.6 Å². The average molecular weight is 316 g/mol. The number of para-hydroxylation sites is 1. The number of benzene rings is 1. The third-order valence-corrected chi connectivity index (χ3v) is 3.54. The number of hydrogen-bond acceptors (Lipinski definition) is 3. The van der Waals surface area contributed by atoms with Crippen molar-refractivity contribution < 1.29 is 9.47 Å². The molecule has 3 nitrogen and oxygen atoms in total. The summed E-state index contributed by atoms with van der Waals surface area (Å²) in [4.78, 5) is 0. The Morgan fingerprint density at radius 2 is 2.11 bits per heavy atom. The van der Waals surface area contributed by atoms with E-state index in [1.165, 1.54) is 0 Å². The van der Waals surface area contributed by atoms with Gasteiger partial charge in [0.15, 0.2) is 0 Å². The first-order chi connectivity index (χ1) is 8.58. The van der Waals surface area contributed by atoms with Crippen LogP contribution in [0.1, 0.15) is 25.8 Å². The summed E-state index contributed by atoms with van der Waals surface area (Å²) in [5, 5.41) is 0. The molecular weight excluding hydrogens is 294 g/mol. The number of hydrogen-bond donors (Lipinski definition) is 1. The second-order valence-electron chi connectivity index (χ2n) is 4.46. The molecular formula is C14H22BrNO2. The zero-order chi connectivity index (χ0) is 13.5. The largest absolute Gasteiger partial charge is 0.489 e. The van der Waals surface area contributed by atoms with E-state index in [9.17, 15) is 0 Å². The first kappa shape index (κ1) is 15.5. The van der Waals surface area contributed by atoms with Crippen LogP contribution in [0.25, 0.3) is 0 Å². The molecule has 2 N–H and O–H groups in total. The Hall–Kier alpha value is -0.580. The Morgan fingerprint density at radius 3 is 2.72 bits per heavy atom. The minimum Gasteiger partial charge on any atom is -0.489 e. The van der Waals surface area contributed by atoms with E-state index in [4.69, 9.17) is 15.2 Å². The van der Waals surface area contributed by atoms with Crippen LogP contribution in [0.5, 0.6) is 5.75 Å². The highest BCUT2D eigenvalue weighted by Gasteiger charge is 2.12. The molecule has 0 aliphatic rings. The summed E-state index contributed by atoms with van der Waals surface area (Å²) in [5.74, 6) is 0.880. The maximum atomic E-state index is 6.01. The molecule has 18 heavy (non-hydrogen) atoms. The Balaban J connectivity index is 2.80. The summed E-state index contributed by atoms with van der Waals surface area (Å²) < 4.78 is 12.0. The molecule has 0 heterocycles. The van der Waals surface area contributed by atoms with Crippen LogP contribution in [-0.2, 0) is 11.2 Å². The first-order valence-corrected chi connectivity index (χ1v) is 7.06. The van der Waals surface area contributed by atoms with Gasteiger partial charge < -0.3 is 15.2 Å². The van der Waals surface area contributed by atoms with Crippen molar-refractivity contribution in [1.82, 2.24) is 0 Å². The lowest BCUT2D eigenvalue weighted by molar-refractivity contribution is 0.0710. The van der Waals surface area contributed by atoms with Gasteiger partial charge in [0.2, 0.25) is 0 Å². The lowest BCUT2D eigenvalue weighted by Crippen LogP contribution is -2.22. The van der Waals surface area contributed by atoms with Gasteiger partial charge in [-0.1, -0.05) is 19.1 Å². The molecule has 0 spiro atoms. The highest BCUT2D eigenvalue weighted by Crippen LogP contribution is 2.30. The van der Waals surface area contributed by atoms with E-state index in [0.717, 1.165) is 28.6 Å². The topological polar surface area (TPSA) is 44.5 Å². The summed E-state index contributed by atoms with van der Waals surface area (Å²) in [6.45, 7) is 4.61. The second-order valence-corrected chi connectivity index (χ2v) is 5.31. The van der Waals surface area contributed by atoms with Crippen molar-refractivity contribution >= 4 is 15.9 Å². The smallest absolute Gasteiger partial charge is 0.136 e. The van der Waals surface area contributed by atoms with Gasteiger partial charge in [-0.2, -0.15) is 0 Å². The average Bonchev–Trinajstić information content (AvgIpc) is 2.37. The van der Waals surface area contributed by atoms with Gasteiger partial charge in [0, 0.05) is 13.2 Å². The molecule has 0 fully saturated rings. The molecule has 102 valence electrons. The number of rotatable bonds is 7. The van der Waals surface area contributed by atoms with Crippen LogP contribution in [0.15, 0.2) is 22.7 Å². The molecule has 1 rings (SSSR count). The van der Waals surface area contributed by atoms with Gasteiger partial charge in [-0.05, 0) is 47.3 Å². The Kier molecular flexibility index (Phi) is 6.68. The molecule has 1 aromatic rings. The molecule has 0 bridgehead atoms.